The Labute approximate surface area is 104 Å². The van der Waals surface area contributed by atoms with Crippen molar-refractivity contribution in [1.29, 1.82) is 0 Å². The summed E-state index contributed by atoms with van der Waals surface area (Å²) in [5, 5.41) is -0.314. The molecule has 4 nitrogen and oxygen atoms in total. The van der Waals surface area contributed by atoms with Crippen molar-refractivity contribution >= 4 is 9.84 Å². The van der Waals surface area contributed by atoms with Gasteiger partial charge in [0.15, 0.2) is 9.84 Å². The molecule has 2 atom stereocenters. The first-order valence-corrected chi connectivity index (χ1v) is 8.23. The number of hydrogen-bond donors (Lipinski definition) is 2. The molecular formula is C12H22N2O2S. The summed E-state index contributed by atoms with van der Waals surface area (Å²) >= 11 is 0. The summed E-state index contributed by atoms with van der Waals surface area (Å²) in [7, 11) is -2.97. The molecule has 2 unspecified atom stereocenters. The average molecular weight is 258 g/mol. The molecule has 5 heteroatoms. The van der Waals surface area contributed by atoms with Crippen molar-refractivity contribution in [2.75, 3.05) is 5.75 Å². The standard InChI is InChI=1S/C12H22N2O2S/c13-14-12(10-6-2-1-3-7-10)11-8-4-5-9-17(11,15)16/h6,11-12,14H,1-5,7-9,13H2. The molecule has 0 spiro atoms. The van der Waals surface area contributed by atoms with E-state index in [1.807, 2.05) is 0 Å². The van der Waals surface area contributed by atoms with Crippen LogP contribution in [0.5, 0.6) is 0 Å². The second-order valence-electron chi connectivity index (χ2n) is 5.07. The quantitative estimate of drug-likeness (QED) is 0.454. The van der Waals surface area contributed by atoms with Crippen molar-refractivity contribution in [3.63, 3.8) is 0 Å². The highest BCUT2D eigenvalue weighted by molar-refractivity contribution is 7.92. The van der Waals surface area contributed by atoms with Gasteiger partial charge in [0.1, 0.15) is 0 Å². The van der Waals surface area contributed by atoms with Crippen molar-refractivity contribution in [1.82, 2.24) is 5.43 Å². The van der Waals surface area contributed by atoms with Gasteiger partial charge in [0, 0.05) is 0 Å². The van der Waals surface area contributed by atoms with E-state index < -0.39 is 9.84 Å². The van der Waals surface area contributed by atoms with Crippen molar-refractivity contribution in [2.45, 2.75) is 56.2 Å². The molecule has 0 aromatic rings. The maximum atomic E-state index is 12.1. The van der Waals surface area contributed by atoms with Crippen LogP contribution in [0, 0.1) is 0 Å². The van der Waals surface area contributed by atoms with Gasteiger partial charge in [0.05, 0.1) is 17.0 Å². The van der Waals surface area contributed by atoms with Crippen LogP contribution in [-0.2, 0) is 9.84 Å². The summed E-state index contributed by atoms with van der Waals surface area (Å²) in [6, 6.07) is -0.166. The topological polar surface area (TPSA) is 72.2 Å². The zero-order chi connectivity index (χ0) is 12.3. The van der Waals surface area contributed by atoms with E-state index in [4.69, 9.17) is 5.84 Å². The van der Waals surface area contributed by atoms with Gasteiger partial charge in [0.2, 0.25) is 0 Å². The molecule has 17 heavy (non-hydrogen) atoms. The molecule has 1 aliphatic heterocycles. The van der Waals surface area contributed by atoms with Gasteiger partial charge >= 0.3 is 0 Å². The number of allylic oxidation sites excluding steroid dienone is 1. The molecule has 2 rings (SSSR count). The zero-order valence-corrected chi connectivity index (χ0v) is 11.0. The van der Waals surface area contributed by atoms with Gasteiger partial charge in [-0.1, -0.05) is 18.1 Å². The minimum Gasteiger partial charge on any atom is -0.271 e. The lowest BCUT2D eigenvalue weighted by Crippen LogP contribution is -2.50. The molecule has 2 aliphatic rings. The summed E-state index contributed by atoms with van der Waals surface area (Å²) in [6.45, 7) is 0. The van der Waals surface area contributed by atoms with Gasteiger partial charge in [0.25, 0.3) is 0 Å². The van der Waals surface area contributed by atoms with Crippen LogP contribution in [0.15, 0.2) is 11.6 Å². The fourth-order valence-corrected chi connectivity index (χ4v) is 5.06. The normalized spacial score (nSPS) is 30.6. The third kappa shape index (κ3) is 2.89. The molecule has 0 saturated carbocycles. The van der Waals surface area contributed by atoms with E-state index in [0.29, 0.717) is 5.75 Å². The predicted octanol–water partition coefficient (Wildman–Crippen LogP) is 1.29. The Hall–Kier alpha value is -0.390. The van der Waals surface area contributed by atoms with Gasteiger partial charge in [-0.3, -0.25) is 11.3 Å². The summed E-state index contributed by atoms with van der Waals surface area (Å²) in [4.78, 5) is 0. The Morgan fingerprint density at radius 2 is 2.12 bits per heavy atom. The molecule has 3 N–H and O–H groups in total. The van der Waals surface area contributed by atoms with E-state index >= 15 is 0 Å². The SMILES string of the molecule is NNC(C1=CCCCC1)C1CCCCS1(=O)=O. The molecule has 0 amide bonds. The molecule has 1 heterocycles. The Bertz CT molecular complexity index is 389. The van der Waals surface area contributed by atoms with Crippen LogP contribution in [0.1, 0.15) is 44.9 Å². The van der Waals surface area contributed by atoms with Gasteiger partial charge < -0.3 is 0 Å². The van der Waals surface area contributed by atoms with E-state index in [0.717, 1.165) is 38.5 Å². The van der Waals surface area contributed by atoms with Crippen LogP contribution in [0.4, 0.5) is 0 Å². The first-order chi connectivity index (χ1) is 8.15. The molecule has 0 aromatic heterocycles. The highest BCUT2D eigenvalue weighted by atomic mass is 32.2. The van der Waals surface area contributed by atoms with E-state index in [1.165, 1.54) is 12.0 Å². The predicted molar refractivity (Wildman–Crippen MR) is 69.1 cm³/mol. The lowest BCUT2D eigenvalue weighted by molar-refractivity contribution is 0.460. The third-order valence-electron chi connectivity index (χ3n) is 3.91. The van der Waals surface area contributed by atoms with Crippen LogP contribution in [-0.4, -0.2) is 25.5 Å². The zero-order valence-electron chi connectivity index (χ0n) is 10.2. The number of rotatable bonds is 3. The number of hydrogen-bond acceptors (Lipinski definition) is 4. The van der Waals surface area contributed by atoms with E-state index in [9.17, 15) is 8.42 Å². The Balaban J connectivity index is 2.19. The number of nitrogens with two attached hydrogens (primary N) is 1. The second-order valence-corrected chi connectivity index (χ2v) is 7.41. The molecular weight excluding hydrogens is 236 g/mol. The van der Waals surface area contributed by atoms with Crippen LogP contribution in [0.2, 0.25) is 0 Å². The average Bonchev–Trinajstić information content (AvgIpc) is 2.33. The summed E-state index contributed by atoms with van der Waals surface area (Å²) < 4.78 is 24.2. The van der Waals surface area contributed by atoms with Crippen LogP contribution >= 0.6 is 0 Å². The minimum atomic E-state index is -2.97. The smallest absolute Gasteiger partial charge is 0.155 e. The highest BCUT2D eigenvalue weighted by Gasteiger charge is 2.36. The third-order valence-corrected chi connectivity index (χ3v) is 6.19. The van der Waals surface area contributed by atoms with E-state index in [2.05, 4.69) is 11.5 Å². The fraction of sp³-hybridized carbons (Fsp3) is 0.833. The van der Waals surface area contributed by atoms with Crippen LogP contribution in [0.3, 0.4) is 0 Å². The van der Waals surface area contributed by atoms with Crippen molar-refractivity contribution in [3.8, 4) is 0 Å². The molecule has 98 valence electrons. The molecule has 1 fully saturated rings. The number of nitrogens with one attached hydrogen (secondary N) is 1. The maximum Gasteiger partial charge on any atom is 0.155 e. The maximum absolute atomic E-state index is 12.1. The van der Waals surface area contributed by atoms with Crippen molar-refractivity contribution < 1.29 is 8.42 Å². The Morgan fingerprint density at radius 1 is 1.29 bits per heavy atom. The lowest BCUT2D eigenvalue weighted by atomic mass is 9.91. The molecule has 0 aromatic carbocycles. The summed E-state index contributed by atoms with van der Waals surface area (Å²) in [5.41, 5.74) is 3.95. The van der Waals surface area contributed by atoms with E-state index in [-0.39, 0.29) is 11.3 Å². The molecule has 0 radical (unpaired) electrons. The number of hydrazine groups is 1. The van der Waals surface area contributed by atoms with Gasteiger partial charge in [-0.2, -0.15) is 0 Å². The van der Waals surface area contributed by atoms with Crippen LogP contribution in [0.25, 0.3) is 0 Å². The molecule has 1 saturated heterocycles. The Morgan fingerprint density at radius 3 is 2.71 bits per heavy atom. The van der Waals surface area contributed by atoms with Crippen LogP contribution < -0.4 is 11.3 Å². The monoisotopic (exact) mass is 258 g/mol. The molecule has 0 bridgehead atoms. The van der Waals surface area contributed by atoms with Gasteiger partial charge in [-0.25, -0.2) is 8.42 Å². The first-order valence-electron chi connectivity index (χ1n) is 6.52. The minimum absolute atomic E-state index is 0.166. The van der Waals surface area contributed by atoms with Crippen molar-refractivity contribution in [2.24, 2.45) is 5.84 Å². The van der Waals surface area contributed by atoms with Gasteiger partial charge in [-0.15, -0.1) is 0 Å². The molecule has 1 aliphatic carbocycles. The number of sulfone groups is 1. The fourth-order valence-electron chi connectivity index (χ4n) is 2.95. The van der Waals surface area contributed by atoms with Crippen molar-refractivity contribution in [3.05, 3.63) is 11.6 Å². The van der Waals surface area contributed by atoms with E-state index in [1.54, 1.807) is 0 Å². The highest BCUT2D eigenvalue weighted by Crippen LogP contribution is 2.29. The Kier molecular flexibility index (Phi) is 4.22. The summed E-state index contributed by atoms with van der Waals surface area (Å²) in [6.07, 6.45) is 9.12. The summed E-state index contributed by atoms with van der Waals surface area (Å²) in [5.74, 6) is 5.92. The second kappa shape index (κ2) is 5.50. The first kappa shape index (κ1) is 13.1. The van der Waals surface area contributed by atoms with Gasteiger partial charge in [-0.05, 0) is 38.5 Å². The lowest BCUT2D eigenvalue weighted by Gasteiger charge is -2.32. The largest absolute Gasteiger partial charge is 0.271 e.